The number of aryl methyl sites for hydroxylation is 1. The Balaban J connectivity index is 1.87. The summed E-state index contributed by atoms with van der Waals surface area (Å²) < 4.78 is 0. The number of thiazole rings is 1. The molecule has 6 heteroatoms. The van der Waals surface area contributed by atoms with Crippen molar-refractivity contribution in [3.8, 4) is 0 Å². The Labute approximate surface area is 127 Å². The number of aromatic nitrogens is 1. The third kappa shape index (κ3) is 4.39. The lowest BCUT2D eigenvalue weighted by molar-refractivity contribution is -0.116. The van der Waals surface area contributed by atoms with E-state index in [0.717, 1.165) is 5.56 Å². The molecule has 0 bridgehead atoms. The minimum Gasteiger partial charge on any atom is -0.343 e. The maximum atomic E-state index is 11.9. The Kier molecular flexibility index (Phi) is 5.05. The summed E-state index contributed by atoms with van der Waals surface area (Å²) in [5.74, 6) is -0.270. The Hall–Kier alpha value is -2.21. The summed E-state index contributed by atoms with van der Waals surface area (Å²) in [5.41, 5.74) is 1.47. The number of anilines is 1. The molecule has 0 saturated heterocycles. The smallest absolute Gasteiger partial charge is 0.272 e. The maximum Gasteiger partial charge on any atom is 0.272 e. The molecule has 1 heterocycles. The molecule has 0 aliphatic rings. The number of rotatable bonds is 5. The molecule has 1 N–H and O–H groups in total. The number of benzene rings is 1. The third-order valence-corrected chi connectivity index (χ3v) is 3.62. The first kappa shape index (κ1) is 15.2. The van der Waals surface area contributed by atoms with Gasteiger partial charge < -0.3 is 10.2 Å². The van der Waals surface area contributed by atoms with Crippen LogP contribution in [0.25, 0.3) is 0 Å². The van der Waals surface area contributed by atoms with Gasteiger partial charge in [-0.1, -0.05) is 30.3 Å². The first-order valence-corrected chi connectivity index (χ1v) is 7.45. The Morgan fingerprint density at radius 1 is 1.24 bits per heavy atom. The van der Waals surface area contributed by atoms with Crippen molar-refractivity contribution in [2.75, 3.05) is 19.4 Å². The van der Waals surface area contributed by atoms with Crippen molar-refractivity contribution in [2.24, 2.45) is 0 Å². The Morgan fingerprint density at radius 2 is 1.95 bits per heavy atom. The molecule has 0 fully saturated rings. The van der Waals surface area contributed by atoms with Crippen LogP contribution in [0.2, 0.25) is 0 Å². The molecule has 0 radical (unpaired) electrons. The van der Waals surface area contributed by atoms with E-state index in [0.29, 0.717) is 23.7 Å². The number of carbonyl (C=O) groups excluding carboxylic acids is 2. The molecule has 0 atom stereocenters. The lowest BCUT2D eigenvalue weighted by Gasteiger charge is -2.06. The van der Waals surface area contributed by atoms with Crippen LogP contribution in [0, 0.1) is 0 Å². The van der Waals surface area contributed by atoms with Crippen LogP contribution in [0.5, 0.6) is 0 Å². The van der Waals surface area contributed by atoms with Gasteiger partial charge in [0.1, 0.15) is 5.69 Å². The highest BCUT2D eigenvalue weighted by Crippen LogP contribution is 2.16. The van der Waals surface area contributed by atoms with Crippen LogP contribution in [-0.4, -0.2) is 35.8 Å². The molecular weight excluding hydrogens is 286 g/mol. The van der Waals surface area contributed by atoms with Crippen LogP contribution in [-0.2, 0) is 11.2 Å². The second-order valence-electron chi connectivity index (χ2n) is 4.77. The van der Waals surface area contributed by atoms with Gasteiger partial charge in [-0.25, -0.2) is 4.98 Å². The minimum absolute atomic E-state index is 0.0999. The van der Waals surface area contributed by atoms with Crippen LogP contribution >= 0.6 is 11.3 Å². The van der Waals surface area contributed by atoms with Crippen LogP contribution in [0.4, 0.5) is 5.13 Å². The quantitative estimate of drug-likeness (QED) is 0.922. The molecule has 5 nitrogen and oxygen atoms in total. The molecule has 2 amide bonds. The van der Waals surface area contributed by atoms with E-state index in [2.05, 4.69) is 10.3 Å². The molecule has 1 aromatic carbocycles. The van der Waals surface area contributed by atoms with E-state index in [1.54, 1.807) is 19.5 Å². The monoisotopic (exact) mass is 303 g/mol. The zero-order valence-electron chi connectivity index (χ0n) is 12.0. The summed E-state index contributed by atoms with van der Waals surface area (Å²) in [7, 11) is 3.33. The largest absolute Gasteiger partial charge is 0.343 e. The minimum atomic E-state index is -0.170. The van der Waals surface area contributed by atoms with Crippen LogP contribution in [0.3, 0.4) is 0 Å². The third-order valence-electron chi connectivity index (χ3n) is 2.86. The van der Waals surface area contributed by atoms with E-state index < -0.39 is 0 Å². The van der Waals surface area contributed by atoms with Crippen molar-refractivity contribution in [1.29, 1.82) is 0 Å². The van der Waals surface area contributed by atoms with Gasteiger partial charge >= 0.3 is 0 Å². The van der Waals surface area contributed by atoms with E-state index >= 15 is 0 Å². The molecule has 0 unspecified atom stereocenters. The van der Waals surface area contributed by atoms with Crippen molar-refractivity contribution in [3.63, 3.8) is 0 Å². The number of amides is 2. The first-order chi connectivity index (χ1) is 10.1. The van der Waals surface area contributed by atoms with Gasteiger partial charge in [0.25, 0.3) is 5.91 Å². The summed E-state index contributed by atoms with van der Waals surface area (Å²) in [6.45, 7) is 0. The number of carbonyl (C=O) groups is 2. The average Bonchev–Trinajstić information content (AvgIpc) is 2.93. The van der Waals surface area contributed by atoms with Crippen molar-refractivity contribution >= 4 is 28.3 Å². The fourth-order valence-corrected chi connectivity index (χ4v) is 2.44. The van der Waals surface area contributed by atoms with E-state index in [4.69, 9.17) is 0 Å². The fourth-order valence-electron chi connectivity index (χ4n) is 1.74. The normalized spacial score (nSPS) is 10.2. The van der Waals surface area contributed by atoms with Crippen molar-refractivity contribution in [1.82, 2.24) is 9.88 Å². The molecular formula is C15H17N3O2S. The molecule has 0 aliphatic heterocycles. The highest BCUT2D eigenvalue weighted by atomic mass is 32.1. The maximum absolute atomic E-state index is 11.9. The van der Waals surface area contributed by atoms with Gasteiger partial charge in [0, 0.05) is 25.9 Å². The molecule has 1 aromatic heterocycles. The second-order valence-corrected chi connectivity index (χ2v) is 5.63. The highest BCUT2D eigenvalue weighted by Gasteiger charge is 2.13. The van der Waals surface area contributed by atoms with Crippen molar-refractivity contribution < 1.29 is 9.59 Å². The number of hydrogen-bond acceptors (Lipinski definition) is 4. The van der Waals surface area contributed by atoms with Crippen LogP contribution in [0.15, 0.2) is 35.7 Å². The van der Waals surface area contributed by atoms with Crippen LogP contribution < -0.4 is 5.32 Å². The average molecular weight is 303 g/mol. The van der Waals surface area contributed by atoms with E-state index in [1.165, 1.54) is 16.2 Å². The van der Waals surface area contributed by atoms with E-state index in [-0.39, 0.29) is 11.8 Å². The molecule has 110 valence electrons. The van der Waals surface area contributed by atoms with Gasteiger partial charge in [-0.3, -0.25) is 9.59 Å². The molecule has 0 spiro atoms. The lowest BCUT2D eigenvalue weighted by Crippen LogP contribution is -2.22. The summed E-state index contributed by atoms with van der Waals surface area (Å²) in [4.78, 5) is 29.1. The van der Waals surface area contributed by atoms with Crippen molar-refractivity contribution in [3.05, 3.63) is 47.0 Å². The van der Waals surface area contributed by atoms with Crippen molar-refractivity contribution in [2.45, 2.75) is 12.8 Å². The first-order valence-electron chi connectivity index (χ1n) is 6.57. The predicted octanol–water partition coefficient (Wildman–Crippen LogP) is 2.42. The molecule has 21 heavy (non-hydrogen) atoms. The summed E-state index contributed by atoms with van der Waals surface area (Å²) in [6, 6.07) is 9.83. The SMILES string of the molecule is CN(C)C(=O)c1csc(NC(=O)CCc2ccccc2)n1. The number of hydrogen-bond donors (Lipinski definition) is 1. The standard InChI is InChI=1S/C15H17N3O2S/c1-18(2)14(20)12-10-21-15(16-12)17-13(19)9-8-11-6-4-3-5-7-11/h3-7,10H,8-9H2,1-2H3,(H,16,17,19). The zero-order valence-corrected chi connectivity index (χ0v) is 12.8. The Morgan fingerprint density at radius 3 is 2.62 bits per heavy atom. The highest BCUT2D eigenvalue weighted by molar-refractivity contribution is 7.14. The molecule has 2 rings (SSSR count). The number of nitrogens with zero attached hydrogens (tertiary/aromatic N) is 2. The van der Waals surface area contributed by atoms with Gasteiger partial charge in [0.05, 0.1) is 0 Å². The summed E-state index contributed by atoms with van der Waals surface area (Å²) >= 11 is 1.25. The number of nitrogens with one attached hydrogen (secondary N) is 1. The second kappa shape index (κ2) is 6.99. The lowest BCUT2D eigenvalue weighted by atomic mass is 10.1. The predicted molar refractivity (Wildman–Crippen MR) is 83.5 cm³/mol. The van der Waals surface area contributed by atoms with Gasteiger partial charge in [-0.2, -0.15) is 0 Å². The topological polar surface area (TPSA) is 62.3 Å². The summed E-state index contributed by atoms with van der Waals surface area (Å²) in [6.07, 6.45) is 1.07. The molecule has 0 saturated carbocycles. The van der Waals surface area contributed by atoms with Gasteiger partial charge in [-0.15, -0.1) is 11.3 Å². The fraction of sp³-hybridized carbons (Fsp3) is 0.267. The van der Waals surface area contributed by atoms with Crippen LogP contribution in [0.1, 0.15) is 22.5 Å². The molecule has 2 aromatic rings. The Bertz CT molecular complexity index is 623. The summed E-state index contributed by atoms with van der Waals surface area (Å²) in [5, 5.41) is 4.83. The van der Waals surface area contributed by atoms with Gasteiger partial charge in [-0.05, 0) is 12.0 Å². The molecule has 0 aliphatic carbocycles. The van der Waals surface area contributed by atoms with Gasteiger partial charge in [0.15, 0.2) is 5.13 Å². The van der Waals surface area contributed by atoms with E-state index in [1.807, 2.05) is 30.3 Å². The van der Waals surface area contributed by atoms with E-state index in [9.17, 15) is 9.59 Å². The zero-order chi connectivity index (χ0) is 15.2. The van der Waals surface area contributed by atoms with Gasteiger partial charge in [0.2, 0.25) is 5.91 Å².